The van der Waals surface area contributed by atoms with Crippen LogP contribution in [0.4, 0.5) is 0 Å². The first-order chi connectivity index (χ1) is 9.29. The molecule has 3 unspecified atom stereocenters. The van der Waals surface area contributed by atoms with Crippen molar-refractivity contribution in [1.82, 2.24) is 10.2 Å². The molecule has 0 amide bonds. The summed E-state index contributed by atoms with van der Waals surface area (Å²) < 4.78 is 0. The lowest BCUT2D eigenvalue weighted by atomic mass is 9.95. The van der Waals surface area contributed by atoms with Crippen LogP contribution in [0, 0.1) is 17.2 Å². The van der Waals surface area contributed by atoms with Crippen molar-refractivity contribution in [3.05, 3.63) is 0 Å². The Labute approximate surface area is 118 Å². The van der Waals surface area contributed by atoms with Gasteiger partial charge in [0.1, 0.15) is 0 Å². The summed E-state index contributed by atoms with van der Waals surface area (Å²) in [6, 6.07) is 3.46. The number of nitrogens with zero attached hydrogens (tertiary/aromatic N) is 2. The fourth-order valence-electron chi connectivity index (χ4n) is 3.61. The van der Waals surface area contributed by atoms with E-state index in [1.165, 1.54) is 58.0 Å². The van der Waals surface area contributed by atoms with Crippen molar-refractivity contribution in [3.8, 4) is 6.07 Å². The molecule has 0 bridgehead atoms. The van der Waals surface area contributed by atoms with Gasteiger partial charge in [-0.05, 0) is 45.7 Å². The summed E-state index contributed by atoms with van der Waals surface area (Å²) in [6.45, 7) is 5.96. The molecule has 1 aliphatic carbocycles. The Hall–Kier alpha value is -0.590. The van der Waals surface area contributed by atoms with Gasteiger partial charge in [0.15, 0.2) is 0 Å². The highest BCUT2D eigenvalue weighted by molar-refractivity contribution is 4.94. The van der Waals surface area contributed by atoms with Gasteiger partial charge < -0.3 is 10.2 Å². The lowest BCUT2D eigenvalue weighted by Crippen LogP contribution is -2.47. The van der Waals surface area contributed by atoms with Crippen LogP contribution >= 0.6 is 0 Å². The lowest BCUT2D eigenvalue weighted by molar-refractivity contribution is 0.199. The lowest BCUT2D eigenvalue weighted by Gasteiger charge is -2.32. The van der Waals surface area contributed by atoms with Crippen molar-refractivity contribution >= 4 is 0 Å². The average Bonchev–Trinajstić information content (AvgIpc) is 2.64. The van der Waals surface area contributed by atoms with E-state index in [1.54, 1.807) is 0 Å². The van der Waals surface area contributed by atoms with E-state index in [4.69, 9.17) is 0 Å². The van der Waals surface area contributed by atoms with Crippen molar-refractivity contribution in [2.45, 2.75) is 70.4 Å². The predicted molar refractivity (Wildman–Crippen MR) is 78.9 cm³/mol. The van der Waals surface area contributed by atoms with Gasteiger partial charge in [0, 0.05) is 18.6 Å². The Morgan fingerprint density at radius 3 is 2.53 bits per heavy atom. The van der Waals surface area contributed by atoms with Crippen LogP contribution in [0.3, 0.4) is 0 Å². The highest BCUT2D eigenvalue weighted by Gasteiger charge is 2.25. The highest BCUT2D eigenvalue weighted by Crippen LogP contribution is 2.23. The Balaban J connectivity index is 1.78. The smallest absolute Gasteiger partial charge is 0.0672 e. The molecule has 2 fully saturated rings. The molecular weight excluding hydrogens is 234 g/mol. The maximum atomic E-state index is 9.32. The van der Waals surface area contributed by atoms with Crippen molar-refractivity contribution in [2.75, 3.05) is 19.6 Å². The third-order valence-corrected chi connectivity index (χ3v) is 4.66. The van der Waals surface area contributed by atoms with Crippen LogP contribution in [0.15, 0.2) is 0 Å². The van der Waals surface area contributed by atoms with E-state index < -0.39 is 0 Å². The van der Waals surface area contributed by atoms with Crippen molar-refractivity contribution in [3.63, 3.8) is 0 Å². The van der Waals surface area contributed by atoms with Crippen molar-refractivity contribution in [2.24, 2.45) is 5.92 Å². The molecule has 0 aromatic carbocycles. The molecule has 0 aromatic rings. The third-order valence-electron chi connectivity index (χ3n) is 4.66. The van der Waals surface area contributed by atoms with E-state index in [2.05, 4.69) is 23.2 Å². The van der Waals surface area contributed by atoms with E-state index in [0.717, 1.165) is 13.0 Å². The van der Waals surface area contributed by atoms with Gasteiger partial charge in [0.2, 0.25) is 0 Å². The van der Waals surface area contributed by atoms with E-state index in [0.29, 0.717) is 12.1 Å². The Morgan fingerprint density at radius 2 is 1.79 bits per heavy atom. The minimum absolute atomic E-state index is 0.228. The number of likely N-dealkylation sites (tertiary alicyclic amines) is 1. The quantitative estimate of drug-likeness (QED) is 0.793. The summed E-state index contributed by atoms with van der Waals surface area (Å²) in [7, 11) is 0. The molecule has 3 nitrogen and oxygen atoms in total. The van der Waals surface area contributed by atoms with Gasteiger partial charge in [-0.25, -0.2) is 0 Å². The second-order valence-electron chi connectivity index (χ2n) is 6.41. The van der Waals surface area contributed by atoms with E-state index in [1.807, 2.05) is 0 Å². The second-order valence-corrected chi connectivity index (χ2v) is 6.41. The Bertz CT molecular complexity index is 291. The first-order valence-electron chi connectivity index (χ1n) is 8.17. The van der Waals surface area contributed by atoms with E-state index in [-0.39, 0.29) is 5.92 Å². The normalized spacial score (nSPS) is 31.4. The highest BCUT2D eigenvalue weighted by atomic mass is 15.2. The van der Waals surface area contributed by atoms with Crippen LogP contribution in [0.5, 0.6) is 0 Å². The molecule has 1 saturated heterocycles. The number of hydrogen-bond donors (Lipinski definition) is 1. The van der Waals surface area contributed by atoms with Gasteiger partial charge in [-0.3, -0.25) is 0 Å². The van der Waals surface area contributed by atoms with Crippen LogP contribution in [-0.4, -0.2) is 36.6 Å². The molecule has 0 spiro atoms. The maximum Gasteiger partial charge on any atom is 0.0672 e. The summed E-state index contributed by atoms with van der Waals surface area (Å²) in [6.07, 6.45) is 10.2. The molecule has 3 atom stereocenters. The van der Waals surface area contributed by atoms with Crippen LogP contribution in [0.2, 0.25) is 0 Å². The van der Waals surface area contributed by atoms with E-state index in [9.17, 15) is 5.26 Å². The first kappa shape index (κ1) is 14.8. The number of nitriles is 1. The minimum Gasteiger partial charge on any atom is -0.309 e. The van der Waals surface area contributed by atoms with Crippen molar-refractivity contribution in [1.29, 1.82) is 5.26 Å². The van der Waals surface area contributed by atoms with Crippen LogP contribution < -0.4 is 5.32 Å². The number of piperidine rings is 1. The third kappa shape index (κ3) is 4.78. The number of hydrogen-bond acceptors (Lipinski definition) is 3. The molecule has 2 aliphatic rings. The van der Waals surface area contributed by atoms with Crippen LogP contribution in [-0.2, 0) is 0 Å². The van der Waals surface area contributed by atoms with Gasteiger partial charge in [-0.2, -0.15) is 5.26 Å². The largest absolute Gasteiger partial charge is 0.309 e. The predicted octanol–water partition coefficient (Wildman–Crippen LogP) is 2.92. The number of nitrogens with one attached hydrogen (secondary N) is 1. The molecule has 1 N–H and O–H groups in total. The van der Waals surface area contributed by atoms with Crippen molar-refractivity contribution < 1.29 is 0 Å². The zero-order chi connectivity index (χ0) is 13.5. The summed E-state index contributed by atoms with van der Waals surface area (Å²) in [5.74, 6) is 0.228. The molecular formula is C16H29N3. The van der Waals surface area contributed by atoms with Gasteiger partial charge >= 0.3 is 0 Å². The minimum atomic E-state index is 0.228. The topological polar surface area (TPSA) is 39.1 Å². The summed E-state index contributed by atoms with van der Waals surface area (Å²) in [4.78, 5) is 2.58. The zero-order valence-corrected chi connectivity index (χ0v) is 12.4. The summed E-state index contributed by atoms with van der Waals surface area (Å²) in [5, 5.41) is 13.1. The zero-order valence-electron chi connectivity index (χ0n) is 12.4. The molecule has 1 aliphatic heterocycles. The van der Waals surface area contributed by atoms with Crippen LogP contribution in [0.1, 0.15) is 58.3 Å². The molecule has 1 saturated carbocycles. The van der Waals surface area contributed by atoms with Gasteiger partial charge in [-0.1, -0.05) is 25.7 Å². The summed E-state index contributed by atoms with van der Waals surface area (Å²) >= 11 is 0. The van der Waals surface area contributed by atoms with Crippen LogP contribution in [0.25, 0.3) is 0 Å². The van der Waals surface area contributed by atoms with Gasteiger partial charge in [-0.15, -0.1) is 0 Å². The van der Waals surface area contributed by atoms with Gasteiger partial charge in [0.25, 0.3) is 0 Å². The second kappa shape index (κ2) is 7.87. The molecule has 1 heterocycles. The fraction of sp³-hybridized carbons (Fsp3) is 0.938. The molecule has 2 rings (SSSR count). The molecule has 0 radical (unpaired) electrons. The van der Waals surface area contributed by atoms with E-state index >= 15 is 0 Å². The first-order valence-corrected chi connectivity index (χ1v) is 8.17. The summed E-state index contributed by atoms with van der Waals surface area (Å²) in [5.41, 5.74) is 0. The Kier molecular flexibility index (Phi) is 6.13. The molecule has 3 heteroatoms. The SMILES string of the molecule is CC(CN1CCCCC1)NC1CCCCCC1C#N. The standard InChI is InChI=1S/C16H29N3/c1-14(13-19-10-6-3-7-11-19)18-16-9-5-2-4-8-15(16)12-17/h14-16,18H,2-11,13H2,1H3. The Morgan fingerprint density at radius 1 is 1.11 bits per heavy atom. The molecule has 0 aromatic heterocycles. The molecule has 19 heavy (non-hydrogen) atoms. The van der Waals surface area contributed by atoms with Gasteiger partial charge in [0.05, 0.1) is 12.0 Å². The maximum absolute atomic E-state index is 9.32. The average molecular weight is 263 g/mol. The number of rotatable bonds is 4. The fourth-order valence-corrected chi connectivity index (χ4v) is 3.61. The molecule has 108 valence electrons. The monoisotopic (exact) mass is 263 g/mol.